The first-order valence-electron chi connectivity index (χ1n) is 8.47. The van der Waals surface area contributed by atoms with Crippen molar-refractivity contribution >= 4 is 23.6 Å². The van der Waals surface area contributed by atoms with Crippen LogP contribution in [0.4, 0.5) is 0 Å². The van der Waals surface area contributed by atoms with Gasteiger partial charge in [0.25, 0.3) is 0 Å². The Bertz CT molecular complexity index is 576. The highest BCUT2D eigenvalue weighted by Gasteiger charge is 2.23. The molecule has 7 nitrogen and oxygen atoms in total. The molecule has 134 valence electrons. The molecule has 1 aromatic heterocycles. The van der Waals surface area contributed by atoms with Gasteiger partial charge in [-0.1, -0.05) is 31.5 Å². The van der Waals surface area contributed by atoms with Crippen molar-refractivity contribution in [2.45, 2.75) is 57.1 Å². The first-order valence-corrected chi connectivity index (χ1v) is 9.45. The van der Waals surface area contributed by atoms with Crippen molar-refractivity contribution in [2.24, 2.45) is 13.0 Å². The van der Waals surface area contributed by atoms with Crippen LogP contribution >= 0.6 is 11.8 Å². The fraction of sp³-hybridized carbons (Fsp3) is 0.750. The van der Waals surface area contributed by atoms with Gasteiger partial charge in [-0.15, -0.1) is 10.2 Å². The van der Waals surface area contributed by atoms with E-state index in [1.165, 1.54) is 31.0 Å². The van der Waals surface area contributed by atoms with Crippen LogP contribution in [0.3, 0.4) is 0 Å². The largest absolute Gasteiger partial charge is 0.466 e. The Morgan fingerprint density at radius 3 is 2.79 bits per heavy atom. The standard InChI is InChI=1S/C16H26N4O3S/c1-4-23-15(22)9-13-18-19-16(20(13)3)24-10-14(21)17-12-8-6-5-7-11(12)2/h11-12H,4-10H2,1-3H3,(H,17,21)/t11-,12+/m0/s1. The van der Waals surface area contributed by atoms with Crippen molar-refractivity contribution in [1.29, 1.82) is 0 Å². The molecule has 0 aliphatic heterocycles. The lowest BCUT2D eigenvalue weighted by Gasteiger charge is -2.29. The van der Waals surface area contributed by atoms with Crippen LogP contribution < -0.4 is 5.32 Å². The van der Waals surface area contributed by atoms with Crippen LogP contribution in [0.1, 0.15) is 45.4 Å². The van der Waals surface area contributed by atoms with Crippen LogP contribution in [0.15, 0.2) is 5.16 Å². The number of nitrogens with one attached hydrogen (secondary N) is 1. The lowest BCUT2D eigenvalue weighted by molar-refractivity contribution is -0.142. The van der Waals surface area contributed by atoms with Crippen LogP contribution in [0.25, 0.3) is 0 Å². The van der Waals surface area contributed by atoms with Crippen LogP contribution in [-0.4, -0.2) is 45.0 Å². The number of hydrogen-bond acceptors (Lipinski definition) is 6. The maximum atomic E-state index is 12.1. The molecule has 24 heavy (non-hydrogen) atoms. The van der Waals surface area contributed by atoms with Crippen molar-refractivity contribution in [1.82, 2.24) is 20.1 Å². The topological polar surface area (TPSA) is 86.1 Å². The van der Waals surface area contributed by atoms with E-state index in [9.17, 15) is 9.59 Å². The zero-order valence-electron chi connectivity index (χ0n) is 14.6. The van der Waals surface area contributed by atoms with Crippen molar-refractivity contribution in [3.63, 3.8) is 0 Å². The molecule has 1 amide bonds. The number of ether oxygens (including phenoxy) is 1. The van der Waals surface area contributed by atoms with Gasteiger partial charge in [0, 0.05) is 13.1 Å². The number of carbonyl (C=O) groups excluding carboxylic acids is 2. The number of thioether (sulfide) groups is 1. The highest BCUT2D eigenvalue weighted by molar-refractivity contribution is 7.99. The Morgan fingerprint density at radius 1 is 1.33 bits per heavy atom. The third-order valence-electron chi connectivity index (χ3n) is 4.32. The molecule has 0 unspecified atom stereocenters. The van der Waals surface area contributed by atoms with E-state index in [1.54, 1.807) is 18.5 Å². The summed E-state index contributed by atoms with van der Waals surface area (Å²) in [7, 11) is 1.79. The molecule has 0 bridgehead atoms. The number of carbonyl (C=O) groups is 2. The summed E-state index contributed by atoms with van der Waals surface area (Å²) in [5.74, 6) is 1.08. The molecule has 0 spiro atoms. The Kier molecular flexibility index (Phi) is 7.08. The van der Waals surface area contributed by atoms with E-state index < -0.39 is 0 Å². The number of hydrogen-bond donors (Lipinski definition) is 1. The molecule has 1 fully saturated rings. The first-order chi connectivity index (χ1) is 11.5. The Hall–Kier alpha value is -1.57. The van der Waals surface area contributed by atoms with Crippen LogP contribution in [0.5, 0.6) is 0 Å². The highest BCUT2D eigenvalue weighted by Crippen LogP contribution is 2.24. The zero-order valence-corrected chi connectivity index (χ0v) is 15.4. The third kappa shape index (κ3) is 5.22. The maximum absolute atomic E-state index is 12.1. The van der Waals surface area contributed by atoms with E-state index in [4.69, 9.17) is 4.74 Å². The molecule has 1 aliphatic carbocycles. The van der Waals surface area contributed by atoms with Gasteiger partial charge in [-0.05, 0) is 25.7 Å². The average molecular weight is 354 g/mol. The van der Waals surface area contributed by atoms with E-state index in [0.29, 0.717) is 29.3 Å². The molecule has 2 rings (SSSR count). The second-order valence-corrected chi connectivity index (χ2v) is 7.11. The first kappa shape index (κ1) is 18.8. The van der Waals surface area contributed by atoms with Crippen LogP contribution in [0.2, 0.25) is 0 Å². The van der Waals surface area contributed by atoms with Crippen LogP contribution in [0, 0.1) is 5.92 Å². The summed E-state index contributed by atoms with van der Waals surface area (Å²) in [4.78, 5) is 23.7. The van der Waals surface area contributed by atoms with Gasteiger partial charge in [0.05, 0.1) is 12.4 Å². The molecule has 1 heterocycles. The lowest BCUT2D eigenvalue weighted by atomic mass is 9.86. The smallest absolute Gasteiger partial charge is 0.313 e. The third-order valence-corrected chi connectivity index (χ3v) is 5.34. The Labute approximate surface area is 146 Å². The monoisotopic (exact) mass is 354 g/mol. The maximum Gasteiger partial charge on any atom is 0.313 e. The summed E-state index contributed by atoms with van der Waals surface area (Å²) in [6.07, 6.45) is 4.76. The number of aromatic nitrogens is 3. The average Bonchev–Trinajstić information content (AvgIpc) is 2.88. The molecule has 8 heteroatoms. The van der Waals surface area contributed by atoms with Gasteiger partial charge in [0.15, 0.2) is 5.16 Å². The highest BCUT2D eigenvalue weighted by atomic mass is 32.2. The molecule has 2 atom stereocenters. The second-order valence-electron chi connectivity index (χ2n) is 6.16. The molecule has 1 aromatic rings. The minimum absolute atomic E-state index is 0.0219. The number of nitrogens with zero attached hydrogens (tertiary/aromatic N) is 3. The SMILES string of the molecule is CCOC(=O)Cc1nnc(SCC(=O)N[C@@H]2CCCC[C@@H]2C)n1C. The minimum Gasteiger partial charge on any atom is -0.466 e. The molecule has 1 saturated carbocycles. The quantitative estimate of drug-likeness (QED) is 0.592. The summed E-state index contributed by atoms with van der Waals surface area (Å²) in [5, 5.41) is 11.8. The van der Waals surface area contributed by atoms with Gasteiger partial charge < -0.3 is 14.6 Å². The van der Waals surface area contributed by atoms with E-state index in [1.807, 2.05) is 0 Å². The van der Waals surface area contributed by atoms with Gasteiger partial charge >= 0.3 is 5.97 Å². The predicted molar refractivity (Wildman–Crippen MR) is 91.6 cm³/mol. The van der Waals surface area contributed by atoms with Crippen molar-refractivity contribution in [2.75, 3.05) is 12.4 Å². The summed E-state index contributed by atoms with van der Waals surface area (Å²) < 4.78 is 6.65. The minimum atomic E-state index is -0.325. The second kappa shape index (κ2) is 9.05. The fourth-order valence-corrected chi connectivity index (χ4v) is 3.62. The summed E-state index contributed by atoms with van der Waals surface area (Å²) >= 11 is 1.33. The van der Waals surface area contributed by atoms with Gasteiger partial charge in [0.1, 0.15) is 12.2 Å². The number of esters is 1. The Morgan fingerprint density at radius 2 is 2.08 bits per heavy atom. The zero-order chi connectivity index (χ0) is 17.5. The number of rotatable bonds is 7. The van der Waals surface area contributed by atoms with Gasteiger partial charge in [-0.3, -0.25) is 9.59 Å². The molecule has 1 aliphatic rings. The molecule has 1 N–H and O–H groups in total. The van der Waals surface area contributed by atoms with Crippen molar-refractivity contribution < 1.29 is 14.3 Å². The summed E-state index contributed by atoms with van der Waals surface area (Å²) in [6, 6.07) is 0.283. The summed E-state index contributed by atoms with van der Waals surface area (Å²) in [5.41, 5.74) is 0. The fourth-order valence-electron chi connectivity index (χ4n) is 2.88. The van der Waals surface area contributed by atoms with E-state index in [2.05, 4.69) is 22.4 Å². The van der Waals surface area contributed by atoms with E-state index in [0.717, 1.165) is 6.42 Å². The molecular formula is C16H26N4O3S. The predicted octanol–water partition coefficient (Wildman–Crippen LogP) is 1.71. The van der Waals surface area contributed by atoms with Crippen molar-refractivity contribution in [3.05, 3.63) is 5.82 Å². The molecular weight excluding hydrogens is 328 g/mol. The Balaban J connectivity index is 1.82. The normalized spacial score (nSPS) is 20.6. The molecule has 0 radical (unpaired) electrons. The van der Waals surface area contributed by atoms with Gasteiger partial charge in [-0.25, -0.2) is 0 Å². The van der Waals surface area contributed by atoms with Gasteiger partial charge in [0.2, 0.25) is 5.91 Å². The van der Waals surface area contributed by atoms with Crippen molar-refractivity contribution in [3.8, 4) is 0 Å². The van der Waals surface area contributed by atoms with Gasteiger partial charge in [-0.2, -0.15) is 0 Å². The van der Waals surface area contributed by atoms with E-state index >= 15 is 0 Å². The van der Waals surface area contributed by atoms with Crippen LogP contribution in [-0.2, 0) is 27.8 Å². The molecule has 0 saturated heterocycles. The molecule has 0 aromatic carbocycles. The summed E-state index contributed by atoms with van der Waals surface area (Å²) in [6.45, 7) is 4.31. The lowest BCUT2D eigenvalue weighted by Crippen LogP contribution is -2.41. The number of amides is 1. The van der Waals surface area contributed by atoms with E-state index in [-0.39, 0.29) is 24.3 Å².